The lowest BCUT2D eigenvalue weighted by molar-refractivity contribution is -0.115. The number of hydrogen-bond donors (Lipinski definition) is 2. The SMILES string of the molecule is Cc1cc(-c2csc(NC(=O)Cc3cccc(OCCCN4CCNCC4)c3)c2)ccn1. The number of nitrogens with zero attached hydrogens (tertiary/aromatic N) is 2. The zero-order valence-corrected chi connectivity index (χ0v) is 19.3. The number of carbonyl (C=O) groups excluding carboxylic acids is 1. The molecule has 7 heteroatoms. The summed E-state index contributed by atoms with van der Waals surface area (Å²) in [5.41, 5.74) is 4.12. The minimum absolute atomic E-state index is 0.0276. The van der Waals surface area contributed by atoms with E-state index in [0.29, 0.717) is 13.0 Å². The van der Waals surface area contributed by atoms with Crippen molar-refractivity contribution in [3.63, 3.8) is 0 Å². The van der Waals surface area contributed by atoms with Gasteiger partial charge in [0.2, 0.25) is 5.91 Å². The molecule has 32 heavy (non-hydrogen) atoms. The van der Waals surface area contributed by atoms with Crippen LogP contribution in [-0.4, -0.2) is 55.1 Å². The molecule has 2 N–H and O–H groups in total. The highest BCUT2D eigenvalue weighted by molar-refractivity contribution is 7.14. The van der Waals surface area contributed by atoms with Crippen molar-refractivity contribution < 1.29 is 9.53 Å². The lowest BCUT2D eigenvalue weighted by Gasteiger charge is -2.26. The first-order chi connectivity index (χ1) is 15.7. The van der Waals surface area contributed by atoms with Crippen LogP contribution in [0.1, 0.15) is 17.7 Å². The maximum atomic E-state index is 12.6. The van der Waals surface area contributed by atoms with Gasteiger partial charge in [0.1, 0.15) is 5.75 Å². The first-order valence-corrected chi connectivity index (χ1v) is 12.0. The Morgan fingerprint density at radius 3 is 2.91 bits per heavy atom. The second-order valence-corrected chi connectivity index (χ2v) is 8.96. The maximum Gasteiger partial charge on any atom is 0.229 e. The van der Waals surface area contributed by atoms with Crippen LogP contribution < -0.4 is 15.4 Å². The fraction of sp³-hybridized carbons (Fsp3) is 0.360. The Morgan fingerprint density at radius 1 is 1.19 bits per heavy atom. The van der Waals surface area contributed by atoms with E-state index >= 15 is 0 Å². The Morgan fingerprint density at radius 2 is 2.06 bits per heavy atom. The summed E-state index contributed by atoms with van der Waals surface area (Å²) in [4.78, 5) is 19.3. The Hall–Kier alpha value is -2.74. The van der Waals surface area contributed by atoms with Gasteiger partial charge in [0.15, 0.2) is 0 Å². The molecule has 2 aromatic heterocycles. The largest absolute Gasteiger partial charge is 0.494 e. The Balaban J connectivity index is 1.24. The van der Waals surface area contributed by atoms with E-state index in [2.05, 4.69) is 25.9 Å². The van der Waals surface area contributed by atoms with Gasteiger partial charge in [-0.1, -0.05) is 12.1 Å². The molecule has 168 valence electrons. The van der Waals surface area contributed by atoms with E-state index in [1.165, 1.54) is 11.3 Å². The molecule has 1 fully saturated rings. The van der Waals surface area contributed by atoms with Gasteiger partial charge in [-0.3, -0.25) is 9.78 Å². The number of ether oxygens (including phenoxy) is 1. The van der Waals surface area contributed by atoms with Gasteiger partial charge in [-0.15, -0.1) is 11.3 Å². The molecule has 1 amide bonds. The fourth-order valence-electron chi connectivity index (χ4n) is 3.80. The van der Waals surface area contributed by atoms with Gasteiger partial charge in [0.25, 0.3) is 0 Å². The number of pyridine rings is 1. The van der Waals surface area contributed by atoms with Crippen LogP contribution in [0.15, 0.2) is 54.0 Å². The van der Waals surface area contributed by atoms with Crippen LogP contribution in [0.5, 0.6) is 5.75 Å². The number of piperazine rings is 1. The van der Waals surface area contributed by atoms with Crippen molar-refractivity contribution in [2.24, 2.45) is 0 Å². The molecule has 0 saturated carbocycles. The van der Waals surface area contributed by atoms with E-state index in [1.807, 2.05) is 49.4 Å². The van der Waals surface area contributed by atoms with Crippen LogP contribution in [0, 0.1) is 6.92 Å². The van der Waals surface area contributed by atoms with Crippen LogP contribution in [-0.2, 0) is 11.2 Å². The zero-order chi connectivity index (χ0) is 22.2. The van der Waals surface area contributed by atoms with Gasteiger partial charge in [0, 0.05) is 50.0 Å². The Labute approximate surface area is 193 Å². The summed E-state index contributed by atoms with van der Waals surface area (Å²) < 4.78 is 5.92. The summed E-state index contributed by atoms with van der Waals surface area (Å²) in [7, 11) is 0. The van der Waals surface area contributed by atoms with Crippen LogP contribution in [0.4, 0.5) is 5.00 Å². The number of anilines is 1. The van der Waals surface area contributed by atoms with Crippen molar-refractivity contribution in [1.82, 2.24) is 15.2 Å². The van der Waals surface area contributed by atoms with Gasteiger partial charge >= 0.3 is 0 Å². The van der Waals surface area contributed by atoms with E-state index in [-0.39, 0.29) is 5.91 Å². The zero-order valence-electron chi connectivity index (χ0n) is 18.5. The first kappa shape index (κ1) is 22.5. The molecule has 6 nitrogen and oxygen atoms in total. The Kier molecular flexibility index (Phi) is 7.87. The van der Waals surface area contributed by atoms with Crippen LogP contribution in [0.2, 0.25) is 0 Å². The molecule has 0 radical (unpaired) electrons. The van der Waals surface area contributed by atoms with Crippen molar-refractivity contribution in [3.8, 4) is 16.9 Å². The summed E-state index contributed by atoms with van der Waals surface area (Å²) >= 11 is 1.53. The van der Waals surface area contributed by atoms with Crippen LogP contribution in [0.25, 0.3) is 11.1 Å². The van der Waals surface area contributed by atoms with E-state index in [1.54, 1.807) is 6.20 Å². The number of aromatic nitrogens is 1. The maximum absolute atomic E-state index is 12.6. The number of carbonyl (C=O) groups is 1. The Bertz CT molecular complexity index is 1030. The van der Waals surface area contributed by atoms with Gasteiger partial charge in [-0.2, -0.15) is 0 Å². The lowest BCUT2D eigenvalue weighted by Crippen LogP contribution is -2.43. The smallest absolute Gasteiger partial charge is 0.229 e. The second-order valence-electron chi connectivity index (χ2n) is 8.05. The number of thiophene rings is 1. The number of nitrogens with one attached hydrogen (secondary N) is 2. The van der Waals surface area contributed by atoms with Gasteiger partial charge in [0.05, 0.1) is 18.0 Å². The molecule has 0 aliphatic carbocycles. The predicted molar refractivity (Wildman–Crippen MR) is 130 cm³/mol. The summed E-state index contributed by atoms with van der Waals surface area (Å²) in [6.07, 6.45) is 3.13. The topological polar surface area (TPSA) is 66.5 Å². The summed E-state index contributed by atoms with van der Waals surface area (Å²) in [5.74, 6) is 0.794. The molecule has 0 unspecified atom stereocenters. The van der Waals surface area contributed by atoms with Crippen molar-refractivity contribution in [3.05, 3.63) is 65.3 Å². The highest BCUT2D eigenvalue weighted by Crippen LogP contribution is 2.29. The quantitative estimate of drug-likeness (QED) is 0.483. The molecule has 1 aromatic carbocycles. The molecule has 1 aliphatic rings. The lowest BCUT2D eigenvalue weighted by atomic mass is 10.1. The summed E-state index contributed by atoms with van der Waals surface area (Å²) in [6.45, 7) is 8.08. The average molecular weight is 451 g/mol. The van der Waals surface area contributed by atoms with Crippen molar-refractivity contribution in [1.29, 1.82) is 0 Å². The third-order valence-electron chi connectivity index (χ3n) is 5.45. The molecule has 3 heterocycles. The van der Waals surface area contributed by atoms with Crippen molar-refractivity contribution >= 4 is 22.2 Å². The monoisotopic (exact) mass is 450 g/mol. The van der Waals surface area contributed by atoms with Gasteiger partial charge < -0.3 is 20.3 Å². The number of aryl methyl sites for hydroxylation is 1. The molecule has 0 bridgehead atoms. The third kappa shape index (κ3) is 6.63. The van der Waals surface area contributed by atoms with E-state index in [4.69, 9.17) is 4.74 Å². The third-order valence-corrected chi connectivity index (χ3v) is 6.30. The average Bonchev–Trinajstić information content (AvgIpc) is 3.26. The molecule has 1 saturated heterocycles. The minimum Gasteiger partial charge on any atom is -0.494 e. The van der Waals surface area contributed by atoms with Crippen molar-refractivity contribution in [2.75, 3.05) is 44.6 Å². The minimum atomic E-state index is -0.0276. The normalized spacial score (nSPS) is 14.3. The number of benzene rings is 1. The molecule has 0 atom stereocenters. The predicted octanol–water partition coefficient (Wildman–Crippen LogP) is 3.97. The molecule has 1 aliphatic heterocycles. The van der Waals surface area contributed by atoms with E-state index in [0.717, 1.165) is 72.3 Å². The molecule has 0 spiro atoms. The highest BCUT2D eigenvalue weighted by atomic mass is 32.1. The molecule has 3 aromatic rings. The van der Waals surface area contributed by atoms with Crippen LogP contribution in [0.3, 0.4) is 0 Å². The van der Waals surface area contributed by atoms with Gasteiger partial charge in [-0.05, 0) is 60.4 Å². The number of amides is 1. The summed E-state index contributed by atoms with van der Waals surface area (Å²) in [5, 5.41) is 9.29. The number of hydrogen-bond acceptors (Lipinski definition) is 6. The van der Waals surface area contributed by atoms with E-state index in [9.17, 15) is 4.79 Å². The fourth-order valence-corrected chi connectivity index (χ4v) is 4.63. The standard InChI is InChI=1S/C25H30N4O2S/c1-19-14-21(6-7-27-19)22-17-25(32-18-22)28-24(30)16-20-4-2-5-23(15-20)31-13-3-10-29-11-8-26-9-12-29/h2,4-7,14-15,17-18,26H,3,8-13,16H2,1H3,(H,28,30). The first-order valence-electron chi connectivity index (χ1n) is 11.1. The second kappa shape index (κ2) is 11.2. The molecular formula is C25H30N4O2S. The molecular weight excluding hydrogens is 420 g/mol. The van der Waals surface area contributed by atoms with Gasteiger partial charge in [-0.25, -0.2) is 0 Å². The highest BCUT2D eigenvalue weighted by Gasteiger charge is 2.10. The number of rotatable bonds is 9. The molecule has 4 rings (SSSR count). The van der Waals surface area contributed by atoms with Crippen LogP contribution >= 0.6 is 11.3 Å². The van der Waals surface area contributed by atoms with Crippen molar-refractivity contribution in [2.45, 2.75) is 19.8 Å². The summed E-state index contributed by atoms with van der Waals surface area (Å²) in [6, 6.07) is 13.9. The van der Waals surface area contributed by atoms with E-state index < -0.39 is 0 Å².